The van der Waals surface area contributed by atoms with E-state index < -0.39 is 12.5 Å². The van der Waals surface area contributed by atoms with Crippen LogP contribution in [0.15, 0.2) is 0 Å². The quantitative estimate of drug-likeness (QED) is 0.627. The molecule has 0 aromatic heterocycles. The Balaban J connectivity index is 2.74. The van der Waals surface area contributed by atoms with Gasteiger partial charge in [0.15, 0.2) is 0 Å². The van der Waals surface area contributed by atoms with E-state index in [-0.39, 0.29) is 11.9 Å². The van der Waals surface area contributed by atoms with Crippen LogP contribution in [0, 0.1) is 0 Å². The molecule has 0 radical (unpaired) electrons. The first-order chi connectivity index (χ1) is 6.99. The topological polar surface area (TPSA) is 64.0 Å². The second kappa shape index (κ2) is 4.92. The maximum atomic E-state index is 11.8. The summed E-state index contributed by atoms with van der Waals surface area (Å²) in [6.45, 7) is 6.44. The molecule has 1 saturated heterocycles. The lowest BCUT2D eigenvalue weighted by Gasteiger charge is -2.32. The first-order valence-corrected chi connectivity index (χ1v) is 5.41. The lowest BCUT2D eigenvalue weighted by Crippen LogP contribution is -2.50. The van der Waals surface area contributed by atoms with Gasteiger partial charge in [-0.25, -0.2) is 4.90 Å². The zero-order valence-electron chi connectivity index (χ0n) is 9.55. The third-order valence-electron chi connectivity index (χ3n) is 2.87. The summed E-state index contributed by atoms with van der Waals surface area (Å²) in [6, 6.07) is -0.384. The summed E-state index contributed by atoms with van der Waals surface area (Å²) < 4.78 is 0. The number of likely N-dealkylation sites (tertiary alicyclic amines) is 1. The van der Waals surface area contributed by atoms with Gasteiger partial charge in [0.2, 0.25) is 5.91 Å². The summed E-state index contributed by atoms with van der Waals surface area (Å²) >= 11 is 0. The van der Waals surface area contributed by atoms with Crippen molar-refractivity contribution in [2.24, 2.45) is 0 Å². The van der Waals surface area contributed by atoms with Gasteiger partial charge in [-0.3, -0.25) is 4.79 Å². The predicted octanol–water partition coefficient (Wildman–Crippen LogP) is -0.414. The second-order valence-corrected chi connectivity index (χ2v) is 3.93. The molecule has 1 aliphatic heterocycles. The monoisotopic (exact) mass is 216 g/mol. The van der Waals surface area contributed by atoms with Gasteiger partial charge in [0.1, 0.15) is 12.5 Å². The number of nitrogens with zero attached hydrogens (tertiary/aromatic N) is 2. The molecule has 0 aromatic carbocycles. The molecule has 1 amide bonds. The van der Waals surface area contributed by atoms with Crippen LogP contribution in [0.2, 0.25) is 0 Å². The molecule has 88 valence electrons. The number of hydrogen-bond donors (Lipinski definition) is 2. The molecule has 5 nitrogen and oxygen atoms in total. The van der Waals surface area contributed by atoms with E-state index in [1.807, 2.05) is 6.92 Å². The molecule has 2 N–H and O–H groups in total. The molecule has 3 unspecified atom stereocenters. The third-order valence-corrected chi connectivity index (χ3v) is 2.87. The van der Waals surface area contributed by atoms with E-state index in [0.717, 1.165) is 0 Å². The molecule has 1 heterocycles. The Bertz CT molecular complexity index is 223. The molecule has 3 atom stereocenters. The minimum absolute atomic E-state index is 0.000648. The van der Waals surface area contributed by atoms with E-state index in [2.05, 4.69) is 0 Å². The second-order valence-electron chi connectivity index (χ2n) is 3.93. The van der Waals surface area contributed by atoms with Gasteiger partial charge in [0.05, 0.1) is 6.04 Å². The Hall–Kier alpha value is -0.650. The summed E-state index contributed by atoms with van der Waals surface area (Å²) in [4.78, 5) is 15.0. The van der Waals surface area contributed by atoms with E-state index >= 15 is 0 Å². The summed E-state index contributed by atoms with van der Waals surface area (Å²) in [5, 5.41) is 19.0. The number of rotatable bonds is 4. The van der Waals surface area contributed by atoms with E-state index in [9.17, 15) is 15.0 Å². The van der Waals surface area contributed by atoms with Crippen LogP contribution in [-0.4, -0.2) is 57.5 Å². The third kappa shape index (κ3) is 2.48. The van der Waals surface area contributed by atoms with Gasteiger partial charge in [-0.15, -0.1) is 0 Å². The summed E-state index contributed by atoms with van der Waals surface area (Å²) in [5.74, 6) is -0.000648. The number of carbonyl (C=O) groups excluding carboxylic acids is 1. The first-order valence-electron chi connectivity index (χ1n) is 5.41. The van der Waals surface area contributed by atoms with Crippen molar-refractivity contribution in [3.63, 3.8) is 0 Å². The van der Waals surface area contributed by atoms with Crippen LogP contribution in [0.1, 0.15) is 27.2 Å². The van der Waals surface area contributed by atoms with Crippen molar-refractivity contribution in [3.05, 3.63) is 0 Å². The van der Waals surface area contributed by atoms with E-state index in [0.29, 0.717) is 19.5 Å². The molecule has 1 aliphatic rings. The van der Waals surface area contributed by atoms with Gasteiger partial charge in [-0.05, 0) is 27.2 Å². The highest BCUT2D eigenvalue weighted by Crippen LogP contribution is 2.20. The molecular formula is C10H20N2O3. The van der Waals surface area contributed by atoms with Gasteiger partial charge in [-0.2, -0.15) is 0 Å². The average Bonchev–Trinajstić information content (AvgIpc) is 2.47. The lowest BCUT2D eigenvalue weighted by molar-refractivity contribution is -0.147. The number of aliphatic hydroxyl groups is 2. The predicted molar refractivity (Wildman–Crippen MR) is 55.9 cm³/mol. The molecule has 5 heteroatoms. The smallest absolute Gasteiger partial charge is 0.240 e. The Kier molecular flexibility index (Phi) is 4.07. The van der Waals surface area contributed by atoms with Crippen molar-refractivity contribution in [1.82, 2.24) is 9.80 Å². The molecule has 0 bridgehead atoms. The van der Waals surface area contributed by atoms with E-state index in [1.165, 1.54) is 4.90 Å². The molecular weight excluding hydrogens is 196 g/mol. The van der Waals surface area contributed by atoms with Crippen molar-refractivity contribution in [3.8, 4) is 0 Å². The average molecular weight is 216 g/mol. The minimum atomic E-state index is -0.809. The number of hydrogen-bond acceptors (Lipinski definition) is 4. The molecule has 0 spiro atoms. The van der Waals surface area contributed by atoms with Crippen molar-refractivity contribution in [2.45, 2.75) is 45.7 Å². The highest BCUT2D eigenvalue weighted by atomic mass is 16.3. The Labute approximate surface area is 90.3 Å². The number of carbonyl (C=O) groups is 1. The number of amides is 1. The van der Waals surface area contributed by atoms with Crippen LogP contribution in [0.25, 0.3) is 0 Å². The van der Waals surface area contributed by atoms with Crippen LogP contribution in [0.5, 0.6) is 0 Å². The minimum Gasteiger partial charge on any atom is -0.379 e. The highest BCUT2D eigenvalue weighted by Gasteiger charge is 2.38. The largest absolute Gasteiger partial charge is 0.379 e. The fraction of sp³-hybridized carbons (Fsp3) is 0.900. The van der Waals surface area contributed by atoms with Crippen LogP contribution in [0.3, 0.4) is 0 Å². The van der Waals surface area contributed by atoms with Crippen LogP contribution >= 0.6 is 0 Å². The van der Waals surface area contributed by atoms with Gasteiger partial charge >= 0.3 is 0 Å². The Morgan fingerprint density at radius 2 is 2.00 bits per heavy atom. The standard InChI is InChI=1S/C10H20N2O3/c1-4-11-6-5-9(10(11)15)12(7(2)13)8(3)14/h7-9,13-14H,4-6H2,1-3H3. The fourth-order valence-corrected chi connectivity index (χ4v) is 2.15. The van der Waals surface area contributed by atoms with Crippen LogP contribution < -0.4 is 0 Å². The SMILES string of the molecule is CCN1CCC(N(C(C)O)C(C)O)C1=O. The number of likely N-dealkylation sites (N-methyl/N-ethyl adjacent to an activating group) is 1. The van der Waals surface area contributed by atoms with E-state index in [4.69, 9.17) is 0 Å². The Morgan fingerprint density at radius 3 is 2.33 bits per heavy atom. The van der Waals surface area contributed by atoms with Gasteiger partial charge in [0, 0.05) is 13.1 Å². The maximum Gasteiger partial charge on any atom is 0.240 e. The number of aliphatic hydroxyl groups excluding tert-OH is 2. The Morgan fingerprint density at radius 1 is 1.47 bits per heavy atom. The van der Waals surface area contributed by atoms with Gasteiger partial charge < -0.3 is 15.1 Å². The summed E-state index contributed by atoms with van der Waals surface area (Å²) in [6.07, 6.45) is -0.950. The van der Waals surface area contributed by atoms with Crippen molar-refractivity contribution < 1.29 is 15.0 Å². The van der Waals surface area contributed by atoms with Crippen molar-refractivity contribution in [2.75, 3.05) is 13.1 Å². The maximum absolute atomic E-state index is 11.8. The summed E-state index contributed by atoms with van der Waals surface area (Å²) in [5.41, 5.74) is 0. The molecule has 0 saturated carbocycles. The zero-order valence-corrected chi connectivity index (χ0v) is 9.55. The van der Waals surface area contributed by atoms with Crippen molar-refractivity contribution >= 4 is 5.91 Å². The first kappa shape index (κ1) is 12.4. The van der Waals surface area contributed by atoms with Crippen LogP contribution in [-0.2, 0) is 4.79 Å². The van der Waals surface area contributed by atoms with Gasteiger partial charge in [-0.1, -0.05) is 0 Å². The fourth-order valence-electron chi connectivity index (χ4n) is 2.15. The molecule has 0 aromatic rings. The van der Waals surface area contributed by atoms with Gasteiger partial charge in [0.25, 0.3) is 0 Å². The molecule has 15 heavy (non-hydrogen) atoms. The zero-order chi connectivity index (χ0) is 11.6. The van der Waals surface area contributed by atoms with Crippen molar-refractivity contribution in [1.29, 1.82) is 0 Å². The normalized spacial score (nSPS) is 26.1. The molecule has 1 rings (SSSR count). The molecule has 0 aliphatic carbocycles. The molecule has 1 fully saturated rings. The van der Waals surface area contributed by atoms with Crippen LogP contribution in [0.4, 0.5) is 0 Å². The lowest BCUT2D eigenvalue weighted by atomic mass is 10.2. The summed E-state index contributed by atoms with van der Waals surface area (Å²) in [7, 11) is 0. The van der Waals surface area contributed by atoms with E-state index in [1.54, 1.807) is 18.7 Å². The highest BCUT2D eigenvalue weighted by molar-refractivity contribution is 5.84.